The Morgan fingerprint density at radius 3 is 2.83 bits per heavy atom. The van der Waals surface area contributed by atoms with Gasteiger partial charge in [-0.25, -0.2) is 22.5 Å². The fourth-order valence-electron chi connectivity index (χ4n) is 2.19. The van der Waals surface area contributed by atoms with E-state index in [-0.39, 0.29) is 11.6 Å². The highest BCUT2D eigenvalue weighted by molar-refractivity contribution is 7.89. The standard InChI is InChI=1S/C15H13ClFN3O2S/c16-11-4-5-14(13(17)9-11)23(21,22)18-7-6-12-10-20-8-2-1-3-15(20)19-12/h1-5,8-10,18H,6-7H2. The van der Waals surface area contributed by atoms with E-state index in [1.54, 1.807) is 0 Å². The van der Waals surface area contributed by atoms with Crippen LogP contribution in [0.1, 0.15) is 5.69 Å². The number of rotatable bonds is 5. The molecule has 0 amide bonds. The van der Waals surface area contributed by atoms with Crippen molar-refractivity contribution in [3.05, 3.63) is 65.3 Å². The fraction of sp³-hybridized carbons (Fsp3) is 0.133. The Hall–Kier alpha value is -1.96. The van der Waals surface area contributed by atoms with Crippen molar-refractivity contribution < 1.29 is 12.8 Å². The molecular weight excluding hydrogens is 341 g/mol. The zero-order valence-corrected chi connectivity index (χ0v) is 13.5. The van der Waals surface area contributed by atoms with Gasteiger partial charge in [0.2, 0.25) is 10.0 Å². The maximum atomic E-state index is 13.7. The molecule has 0 atom stereocenters. The molecule has 0 aliphatic rings. The highest BCUT2D eigenvalue weighted by Gasteiger charge is 2.18. The Morgan fingerprint density at radius 1 is 1.26 bits per heavy atom. The van der Waals surface area contributed by atoms with Gasteiger partial charge in [0.1, 0.15) is 16.4 Å². The van der Waals surface area contributed by atoms with E-state index in [1.165, 1.54) is 6.07 Å². The minimum atomic E-state index is -3.93. The molecular formula is C15H13ClFN3O2S. The lowest BCUT2D eigenvalue weighted by molar-refractivity contribution is 0.557. The lowest BCUT2D eigenvalue weighted by Gasteiger charge is -2.07. The first-order valence-electron chi connectivity index (χ1n) is 6.83. The second kappa shape index (κ2) is 6.27. The van der Waals surface area contributed by atoms with Crippen LogP contribution in [0.4, 0.5) is 4.39 Å². The zero-order chi connectivity index (χ0) is 16.4. The number of aromatic nitrogens is 2. The van der Waals surface area contributed by atoms with E-state index in [0.717, 1.165) is 23.5 Å². The minimum absolute atomic E-state index is 0.119. The first kappa shape index (κ1) is 15.9. The molecule has 0 saturated carbocycles. The summed E-state index contributed by atoms with van der Waals surface area (Å²) in [5.41, 5.74) is 1.53. The zero-order valence-electron chi connectivity index (χ0n) is 11.9. The highest BCUT2D eigenvalue weighted by atomic mass is 35.5. The summed E-state index contributed by atoms with van der Waals surface area (Å²) in [5.74, 6) is -0.877. The third-order valence-corrected chi connectivity index (χ3v) is 5.00. The van der Waals surface area contributed by atoms with Gasteiger partial charge >= 0.3 is 0 Å². The van der Waals surface area contributed by atoms with E-state index < -0.39 is 20.7 Å². The number of nitrogens with one attached hydrogen (secondary N) is 1. The number of halogens is 2. The Morgan fingerprint density at radius 2 is 2.09 bits per heavy atom. The van der Waals surface area contributed by atoms with Crippen molar-refractivity contribution in [1.82, 2.24) is 14.1 Å². The van der Waals surface area contributed by atoms with E-state index >= 15 is 0 Å². The molecule has 0 fully saturated rings. The molecule has 0 unspecified atom stereocenters. The number of imidazole rings is 1. The van der Waals surface area contributed by atoms with Gasteiger partial charge in [-0.15, -0.1) is 0 Å². The molecule has 0 aliphatic heterocycles. The molecule has 3 aromatic rings. The van der Waals surface area contributed by atoms with Gasteiger partial charge in [0.05, 0.1) is 5.69 Å². The summed E-state index contributed by atoms with van der Waals surface area (Å²) >= 11 is 5.62. The molecule has 1 N–H and O–H groups in total. The maximum Gasteiger partial charge on any atom is 0.243 e. The number of benzene rings is 1. The first-order valence-corrected chi connectivity index (χ1v) is 8.69. The highest BCUT2D eigenvalue weighted by Crippen LogP contribution is 2.18. The molecule has 0 radical (unpaired) electrons. The lowest BCUT2D eigenvalue weighted by Crippen LogP contribution is -2.26. The SMILES string of the molecule is O=S(=O)(NCCc1cn2ccccc2n1)c1ccc(Cl)cc1F. The third-order valence-electron chi connectivity index (χ3n) is 3.27. The van der Waals surface area contributed by atoms with Gasteiger partial charge in [0.15, 0.2) is 0 Å². The summed E-state index contributed by atoms with van der Waals surface area (Å²) < 4.78 is 42.1. The van der Waals surface area contributed by atoms with Crippen LogP contribution in [0.15, 0.2) is 53.7 Å². The van der Waals surface area contributed by atoms with Gasteiger partial charge in [0, 0.05) is 30.4 Å². The topological polar surface area (TPSA) is 63.5 Å². The van der Waals surface area contributed by atoms with Crippen LogP contribution in [0.3, 0.4) is 0 Å². The fourth-order valence-corrected chi connectivity index (χ4v) is 3.44. The molecule has 0 aliphatic carbocycles. The van der Waals surface area contributed by atoms with E-state index in [1.807, 2.05) is 35.0 Å². The summed E-state index contributed by atoms with van der Waals surface area (Å²) in [5, 5.41) is 0.145. The van der Waals surface area contributed by atoms with E-state index in [0.29, 0.717) is 6.42 Å². The first-order chi connectivity index (χ1) is 11.0. The molecule has 3 rings (SSSR count). The summed E-state index contributed by atoms with van der Waals surface area (Å²) in [7, 11) is -3.93. The molecule has 5 nitrogen and oxygen atoms in total. The van der Waals surface area contributed by atoms with Crippen LogP contribution in [0, 0.1) is 5.82 Å². The monoisotopic (exact) mass is 353 g/mol. The lowest BCUT2D eigenvalue weighted by atomic mass is 10.3. The van der Waals surface area contributed by atoms with Gasteiger partial charge in [0.25, 0.3) is 0 Å². The molecule has 120 valence electrons. The average molecular weight is 354 g/mol. The van der Waals surface area contributed by atoms with Crippen LogP contribution in [0.25, 0.3) is 5.65 Å². The van der Waals surface area contributed by atoms with Gasteiger partial charge in [-0.05, 0) is 30.3 Å². The Balaban J connectivity index is 1.69. The predicted molar refractivity (Wildman–Crippen MR) is 85.5 cm³/mol. The van der Waals surface area contributed by atoms with Crippen LogP contribution < -0.4 is 4.72 Å². The van der Waals surface area contributed by atoms with Crippen LogP contribution in [-0.2, 0) is 16.4 Å². The van der Waals surface area contributed by atoms with Crippen LogP contribution in [0.5, 0.6) is 0 Å². The van der Waals surface area contributed by atoms with Gasteiger partial charge in [-0.1, -0.05) is 17.7 Å². The molecule has 0 saturated heterocycles. The van der Waals surface area contributed by atoms with Crippen molar-refractivity contribution in [2.45, 2.75) is 11.3 Å². The molecule has 1 aromatic carbocycles. The van der Waals surface area contributed by atoms with Crippen molar-refractivity contribution in [2.75, 3.05) is 6.54 Å². The largest absolute Gasteiger partial charge is 0.307 e. The molecule has 2 heterocycles. The van der Waals surface area contributed by atoms with Gasteiger partial charge in [-0.3, -0.25) is 0 Å². The quantitative estimate of drug-likeness (QED) is 0.767. The van der Waals surface area contributed by atoms with Crippen molar-refractivity contribution in [2.24, 2.45) is 0 Å². The van der Waals surface area contributed by atoms with Gasteiger partial charge in [-0.2, -0.15) is 0 Å². The summed E-state index contributed by atoms with van der Waals surface area (Å²) in [6.45, 7) is 0.119. The Kier molecular flexibility index (Phi) is 4.34. The number of hydrogen-bond acceptors (Lipinski definition) is 3. The second-order valence-electron chi connectivity index (χ2n) is 4.92. The van der Waals surface area contributed by atoms with Crippen LogP contribution in [0.2, 0.25) is 5.02 Å². The number of fused-ring (bicyclic) bond motifs is 1. The second-order valence-corrected chi connectivity index (χ2v) is 7.09. The van der Waals surface area contributed by atoms with E-state index in [4.69, 9.17) is 11.6 Å². The number of sulfonamides is 1. The Bertz CT molecular complexity index is 923. The number of pyridine rings is 1. The predicted octanol–water partition coefficient (Wildman–Crippen LogP) is 2.65. The molecule has 23 heavy (non-hydrogen) atoms. The average Bonchev–Trinajstić information content (AvgIpc) is 2.89. The van der Waals surface area contributed by atoms with E-state index in [9.17, 15) is 12.8 Å². The van der Waals surface area contributed by atoms with Crippen LogP contribution >= 0.6 is 11.6 Å². The molecule has 2 aromatic heterocycles. The number of nitrogens with zero attached hydrogens (tertiary/aromatic N) is 2. The maximum absolute atomic E-state index is 13.7. The normalized spacial score (nSPS) is 11.9. The molecule has 8 heteroatoms. The van der Waals surface area contributed by atoms with Crippen molar-refractivity contribution >= 4 is 27.3 Å². The third kappa shape index (κ3) is 3.52. The van der Waals surface area contributed by atoms with Crippen molar-refractivity contribution in [3.8, 4) is 0 Å². The Labute approximate surface area is 137 Å². The summed E-state index contributed by atoms with van der Waals surface area (Å²) in [4.78, 5) is 3.95. The van der Waals surface area contributed by atoms with Crippen molar-refractivity contribution in [3.63, 3.8) is 0 Å². The van der Waals surface area contributed by atoms with Crippen molar-refractivity contribution in [1.29, 1.82) is 0 Å². The van der Waals surface area contributed by atoms with Gasteiger partial charge < -0.3 is 4.40 Å². The molecule has 0 bridgehead atoms. The molecule has 0 spiro atoms. The van der Waals surface area contributed by atoms with Crippen LogP contribution in [-0.4, -0.2) is 24.3 Å². The summed E-state index contributed by atoms with van der Waals surface area (Å²) in [6, 6.07) is 9.06. The smallest absolute Gasteiger partial charge is 0.243 e. The number of hydrogen-bond donors (Lipinski definition) is 1. The minimum Gasteiger partial charge on any atom is -0.307 e. The summed E-state index contributed by atoms with van der Waals surface area (Å²) in [6.07, 6.45) is 4.09. The van der Waals surface area contributed by atoms with E-state index in [2.05, 4.69) is 9.71 Å².